The van der Waals surface area contributed by atoms with Crippen LogP contribution in [0.2, 0.25) is 0 Å². The highest BCUT2D eigenvalue weighted by Gasteiger charge is 2.24. The van der Waals surface area contributed by atoms with E-state index in [2.05, 4.69) is 11.4 Å². The van der Waals surface area contributed by atoms with E-state index in [1.165, 1.54) is 0 Å². The Morgan fingerprint density at radius 1 is 1.53 bits per heavy atom. The van der Waals surface area contributed by atoms with Gasteiger partial charge in [-0.2, -0.15) is 5.26 Å². The Hall–Kier alpha value is -1.08. The maximum atomic E-state index is 10.9. The SMILES string of the molecule is CC(CC#N)NC1CCC(C(N)=O)CC1. The summed E-state index contributed by atoms with van der Waals surface area (Å²) in [5, 5.41) is 11.9. The lowest BCUT2D eigenvalue weighted by Crippen LogP contribution is -2.40. The second-order valence-corrected chi connectivity index (χ2v) is 4.38. The van der Waals surface area contributed by atoms with E-state index in [4.69, 9.17) is 11.0 Å². The lowest BCUT2D eigenvalue weighted by atomic mass is 9.85. The molecular weight excluding hydrogens is 190 g/mol. The second-order valence-electron chi connectivity index (χ2n) is 4.38. The summed E-state index contributed by atoms with van der Waals surface area (Å²) in [4.78, 5) is 10.9. The van der Waals surface area contributed by atoms with Crippen LogP contribution < -0.4 is 11.1 Å². The number of carbonyl (C=O) groups excluding carboxylic acids is 1. The fourth-order valence-corrected chi connectivity index (χ4v) is 2.14. The number of primary amides is 1. The molecule has 1 fully saturated rings. The van der Waals surface area contributed by atoms with Gasteiger partial charge >= 0.3 is 0 Å². The number of nitriles is 1. The van der Waals surface area contributed by atoms with E-state index in [0.717, 1.165) is 25.7 Å². The lowest BCUT2D eigenvalue weighted by molar-refractivity contribution is -0.122. The van der Waals surface area contributed by atoms with Crippen molar-refractivity contribution in [2.45, 2.75) is 51.1 Å². The van der Waals surface area contributed by atoms with Crippen LogP contribution in [0.5, 0.6) is 0 Å². The third-order valence-corrected chi connectivity index (χ3v) is 3.05. The minimum Gasteiger partial charge on any atom is -0.369 e. The maximum Gasteiger partial charge on any atom is 0.220 e. The summed E-state index contributed by atoms with van der Waals surface area (Å²) in [5.74, 6) is -0.104. The van der Waals surface area contributed by atoms with Crippen molar-refractivity contribution in [3.8, 4) is 6.07 Å². The molecule has 1 amide bonds. The van der Waals surface area contributed by atoms with Gasteiger partial charge in [0.1, 0.15) is 0 Å². The molecule has 4 nitrogen and oxygen atoms in total. The van der Waals surface area contributed by atoms with Gasteiger partial charge in [-0.1, -0.05) is 0 Å². The number of carbonyl (C=O) groups is 1. The molecule has 1 aliphatic rings. The molecule has 1 rings (SSSR count). The second kappa shape index (κ2) is 5.72. The molecule has 84 valence electrons. The number of amides is 1. The van der Waals surface area contributed by atoms with E-state index < -0.39 is 0 Å². The minimum atomic E-state index is -0.168. The Balaban J connectivity index is 2.26. The predicted molar refractivity (Wildman–Crippen MR) is 57.8 cm³/mol. The molecule has 1 unspecified atom stereocenters. The number of hydrogen-bond acceptors (Lipinski definition) is 3. The van der Waals surface area contributed by atoms with Gasteiger partial charge in [-0.15, -0.1) is 0 Å². The lowest BCUT2D eigenvalue weighted by Gasteiger charge is -2.29. The molecule has 4 heteroatoms. The number of rotatable bonds is 4. The fourth-order valence-electron chi connectivity index (χ4n) is 2.14. The number of hydrogen-bond donors (Lipinski definition) is 2. The first-order chi connectivity index (χ1) is 7.13. The van der Waals surface area contributed by atoms with Gasteiger partial charge in [0.2, 0.25) is 5.91 Å². The largest absolute Gasteiger partial charge is 0.369 e. The monoisotopic (exact) mass is 209 g/mol. The van der Waals surface area contributed by atoms with E-state index in [-0.39, 0.29) is 17.9 Å². The van der Waals surface area contributed by atoms with Gasteiger partial charge in [0, 0.05) is 18.0 Å². The number of nitrogens with two attached hydrogens (primary N) is 1. The van der Waals surface area contributed by atoms with E-state index in [1.807, 2.05) is 6.92 Å². The molecule has 0 bridgehead atoms. The first-order valence-electron chi connectivity index (χ1n) is 5.55. The van der Waals surface area contributed by atoms with Crippen LogP contribution in [0.1, 0.15) is 39.0 Å². The van der Waals surface area contributed by atoms with Gasteiger partial charge in [-0.25, -0.2) is 0 Å². The van der Waals surface area contributed by atoms with Crippen LogP contribution in [-0.4, -0.2) is 18.0 Å². The van der Waals surface area contributed by atoms with Crippen LogP contribution in [0, 0.1) is 17.2 Å². The summed E-state index contributed by atoms with van der Waals surface area (Å²) in [7, 11) is 0. The first kappa shape index (κ1) is 12.0. The Bertz CT molecular complexity index is 251. The average Bonchev–Trinajstić information content (AvgIpc) is 2.18. The Labute approximate surface area is 90.8 Å². The van der Waals surface area contributed by atoms with E-state index >= 15 is 0 Å². The summed E-state index contributed by atoms with van der Waals surface area (Å²) in [5.41, 5.74) is 5.26. The minimum absolute atomic E-state index is 0.0642. The van der Waals surface area contributed by atoms with E-state index in [0.29, 0.717) is 12.5 Å². The number of nitrogens with zero attached hydrogens (tertiary/aromatic N) is 1. The standard InChI is InChI=1S/C11H19N3O/c1-8(6-7-12)14-10-4-2-9(3-5-10)11(13)15/h8-10,14H,2-6H2,1H3,(H2,13,15). The molecule has 1 atom stereocenters. The molecular formula is C11H19N3O. The molecule has 1 saturated carbocycles. The highest BCUT2D eigenvalue weighted by Crippen LogP contribution is 2.24. The predicted octanol–water partition coefficient (Wildman–Crippen LogP) is 0.922. The van der Waals surface area contributed by atoms with Crippen molar-refractivity contribution in [3.63, 3.8) is 0 Å². The van der Waals surface area contributed by atoms with Gasteiger partial charge in [0.25, 0.3) is 0 Å². The molecule has 0 radical (unpaired) electrons. The molecule has 0 aliphatic heterocycles. The molecule has 15 heavy (non-hydrogen) atoms. The highest BCUT2D eigenvalue weighted by molar-refractivity contribution is 5.76. The van der Waals surface area contributed by atoms with Gasteiger partial charge in [0.15, 0.2) is 0 Å². The normalized spacial score (nSPS) is 28.0. The van der Waals surface area contributed by atoms with Crippen LogP contribution in [0.4, 0.5) is 0 Å². The van der Waals surface area contributed by atoms with Crippen LogP contribution in [0.15, 0.2) is 0 Å². The average molecular weight is 209 g/mol. The smallest absolute Gasteiger partial charge is 0.220 e. The summed E-state index contributed by atoms with van der Waals surface area (Å²) >= 11 is 0. The Kier molecular flexibility index (Phi) is 4.57. The van der Waals surface area contributed by atoms with E-state index in [9.17, 15) is 4.79 Å². The Morgan fingerprint density at radius 3 is 2.60 bits per heavy atom. The summed E-state index contributed by atoms with van der Waals surface area (Å²) in [6, 6.07) is 2.84. The van der Waals surface area contributed by atoms with Crippen molar-refractivity contribution in [1.29, 1.82) is 5.26 Å². The van der Waals surface area contributed by atoms with Crippen molar-refractivity contribution in [2.75, 3.05) is 0 Å². The van der Waals surface area contributed by atoms with Crippen LogP contribution in [0.25, 0.3) is 0 Å². The van der Waals surface area contributed by atoms with Gasteiger partial charge in [-0.3, -0.25) is 4.79 Å². The molecule has 0 saturated heterocycles. The van der Waals surface area contributed by atoms with Crippen LogP contribution in [0.3, 0.4) is 0 Å². The molecule has 0 aromatic heterocycles. The van der Waals surface area contributed by atoms with Gasteiger partial charge < -0.3 is 11.1 Å². The zero-order chi connectivity index (χ0) is 11.3. The third-order valence-electron chi connectivity index (χ3n) is 3.05. The molecule has 0 heterocycles. The van der Waals surface area contributed by atoms with Gasteiger partial charge in [-0.05, 0) is 32.6 Å². The van der Waals surface area contributed by atoms with Crippen molar-refractivity contribution in [2.24, 2.45) is 11.7 Å². The molecule has 3 N–H and O–H groups in total. The summed E-state index contributed by atoms with van der Waals surface area (Å²) < 4.78 is 0. The van der Waals surface area contributed by atoms with Gasteiger partial charge in [0.05, 0.1) is 12.5 Å². The van der Waals surface area contributed by atoms with Crippen molar-refractivity contribution in [3.05, 3.63) is 0 Å². The first-order valence-corrected chi connectivity index (χ1v) is 5.55. The third kappa shape index (κ3) is 3.88. The van der Waals surface area contributed by atoms with Crippen molar-refractivity contribution in [1.82, 2.24) is 5.32 Å². The molecule has 0 aromatic carbocycles. The molecule has 0 spiro atoms. The maximum absolute atomic E-state index is 10.9. The molecule has 0 aromatic rings. The van der Waals surface area contributed by atoms with E-state index in [1.54, 1.807) is 0 Å². The zero-order valence-corrected chi connectivity index (χ0v) is 9.20. The van der Waals surface area contributed by atoms with Crippen molar-refractivity contribution < 1.29 is 4.79 Å². The summed E-state index contributed by atoms with van der Waals surface area (Å²) in [6.07, 6.45) is 4.28. The number of nitrogens with one attached hydrogen (secondary N) is 1. The fraction of sp³-hybridized carbons (Fsp3) is 0.818. The quantitative estimate of drug-likeness (QED) is 0.722. The van der Waals surface area contributed by atoms with Crippen molar-refractivity contribution >= 4 is 5.91 Å². The van der Waals surface area contributed by atoms with Crippen LogP contribution in [-0.2, 0) is 4.79 Å². The van der Waals surface area contributed by atoms with Crippen LogP contribution >= 0.6 is 0 Å². The Morgan fingerprint density at radius 2 is 2.13 bits per heavy atom. The molecule has 1 aliphatic carbocycles. The zero-order valence-electron chi connectivity index (χ0n) is 9.20. The summed E-state index contributed by atoms with van der Waals surface area (Å²) in [6.45, 7) is 2.02. The topological polar surface area (TPSA) is 78.9 Å². The highest BCUT2D eigenvalue weighted by atomic mass is 16.1.